The van der Waals surface area contributed by atoms with Gasteiger partial charge in [0.25, 0.3) is 19.4 Å². The lowest BCUT2D eigenvalue weighted by molar-refractivity contribution is -0.417. The highest BCUT2D eigenvalue weighted by Gasteiger charge is 2.57. The minimum Gasteiger partial charge on any atom is -0.410 e. The molecule has 17 unspecified atom stereocenters. The Morgan fingerprint density at radius 2 is 1.27 bits per heavy atom. The van der Waals surface area contributed by atoms with Gasteiger partial charge in [0, 0.05) is 65.5 Å². The number of likely N-dealkylation sites (tertiary alicyclic amines) is 1. The highest BCUT2D eigenvalue weighted by molar-refractivity contribution is 8.00. The van der Waals surface area contributed by atoms with Gasteiger partial charge in [0.15, 0.2) is 0 Å². The van der Waals surface area contributed by atoms with Crippen molar-refractivity contribution in [1.82, 2.24) is 26.3 Å². The van der Waals surface area contributed by atoms with E-state index in [2.05, 4.69) is 36.2 Å². The number of nitrogens with zero attached hydrogens (tertiary/aromatic N) is 3. The van der Waals surface area contributed by atoms with Gasteiger partial charge in [-0.2, -0.15) is 5.10 Å². The second kappa shape index (κ2) is 30.3. The van der Waals surface area contributed by atoms with E-state index in [9.17, 15) is 84.0 Å². The van der Waals surface area contributed by atoms with Gasteiger partial charge in [0.05, 0.1) is 112 Å². The molecule has 4 heterocycles. The van der Waals surface area contributed by atoms with Crippen molar-refractivity contribution < 1.29 is 122 Å². The SMILES string of the molecule is CN=C(N)CCCSC1CC(=O)N(CCC(=O)N/N=C\C2OC(OC=O)(OCC(CO)C(O)C3OC(OC=O)(OCC(CO)C(O)C4OC(O)(OC=O)CC(O)C4NC(C)=O)CC(O)C3NC(C)=O)CC(O)C2NC(C)=O)C1=O. The number of thioether (sulfide) groups is 1. The maximum atomic E-state index is 13.0. The van der Waals surface area contributed by atoms with Gasteiger partial charge in [0.2, 0.25) is 35.4 Å². The van der Waals surface area contributed by atoms with Gasteiger partial charge in [-0.25, -0.2) is 5.43 Å². The zero-order valence-electron chi connectivity index (χ0n) is 43.4. The number of hydrazone groups is 1. The summed E-state index contributed by atoms with van der Waals surface area (Å²) < 4.78 is 43.8. The minimum absolute atomic E-state index is 0.0642. The van der Waals surface area contributed by atoms with Crippen molar-refractivity contribution in [3.05, 3.63) is 0 Å². The van der Waals surface area contributed by atoms with Gasteiger partial charge >= 0.3 is 17.9 Å². The molecule has 0 spiro atoms. The average Bonchev–Trinajstić information content (AvgIpc) is 3.65. The predicted molar refractivity (Wildman–Crippen MR) is 262 cm³/mol. The molecule has 0 aliphatic carbocycles. The van der Waals surface area contributed by atoms with Crippen LogP contribution in [0, 0.1) is 11.8 Å². The number of carbonyl (C=O) groups is 9. The normalized spacial score (nSPS) is 32.7. The van der Waals surface area contributed by atoms with Crippen molar-refractivity contribution in [3.8, 4) is 0 Å². The molecule has 0 aromatic rings. The molecule has 4 fully saturated rings. The number of aliphatic imine (C=N–C) groups is 1. The van der Waals surface area contributed by atoms with Gasteiger partial charge in [-0.3, -0.25) is 53.0 Å². The lowest BCUT2D eigenvalue weighted by atomic mass is 9.87. The van der Waals surface area contributed by atoms with Crippen LogP contribution >= 0.6 is 11.8 Å². The number of hydrogen-bond donors (Lipinski definition) is 13. The van der Waals surface area contributed by atoms with Crippen LogP contribution in [-0.4, -0.2) is 249 Å². The Balaban J connectivity index is 1.52. The van der Waals surface area contributed by atoms with E-state index in [1.807, 2.05) is 0 Å². The van der Waals surface area contributed by atoms with E-state index in [0.29, 0.717) is 24.4 Å². The number of ether oxygens (including phenoxy) is 8. The molecule has 0 aromatic heterocycles. The minimum atomic E-state index is -2.84. The van der Waals surface area contributed by atoms with E-state index in [1.165, 1.54) is 11.8 Å². The molecular formula is C45H70N8O25S. The Morgan fingerprint density at radius 1 is 0.772 bits per heavy atom. The number of amidine groups is 1. The first-order valence-corrected chi connectivity index (χ1v) is 25.7. The number of hydrogen-bond acceptors (Lipinski definition) is 28. The van der Waals surface area contributed by atoms with Gasteiger partial charge in [-0.1, -0.05) is 0 Å². The van der Waals surface area contributed by atoms with Crippen molar-refractivity contribution in [2.24, 2.45) is 27.7 Å². The molecule has 0 bridgehead atoms. The van der Waals surface area contributed by atoms with Crippen LogP contribution in [0.25, 0.3) is 0 Å². The fourth-order valence-corrected chi connectivity index (χ4v) is 10.1. The molecule has 4 saturated heterocycles. The van der Waals surface area contributed by atoms with E-state index in [-0.39, 0.29) is 32.4 Å². The number of aliphatic hydroxyl groups excluding tert-OH is 7. The molecule has 17 atom stereocenters. The predicted octanol–water partition coefficient (Wildman–Crippen LogP) is -7.49. The van der Waals surface area contributed by atoms with Crippen LogP contribution in [0.4, 0.5) is 0 Å². The Morgan fingerprint density at radius 3 is 1.77 bits per heavy atom. The van der Waals surface area contributed by atoms with E-state index < -0.39 is 190 Å². The van der Waals surface area contributed by atoms with Crippen LogP contribution in [0.5, 0.6) is 0 Å². The van der Waals surface area contributed by atoms with Crippen molar-refractivity contribution in [1.29, 1.82) is 0 Å². The molecule has 33 nitrogen and oxygen atoms in total. The molecular weight excluding hydrogens is 1080 g/mol. The maximum absolute atomic E-state index is 13.0. The van der Waals surface area contributed by atoms with Gasteiger partial charge < -0.3 is 100 Å². The second-order valence-electron chi connectivity index (χ2n) is 18.8. The summed E-state index contributed by atoms with van der Waals surface area (Å²) in [6.45, 7) is -1.59. The van der Waals surface area contributed by atoms with Crippen LogP contribution in [0.15, 0.2) is 10.1 Å². The fourth-order valence-electron chi connectivity index (χ4n) is 9.02. The van der Waals surface area contributed by atoms with Crippen LogP contribution < -0.4 is 27.1 Å². The number of imide groups is 1. The van der Waals surface area contributed by atoms with Crippen LogP contribution in [0.2, 0.25) is 0 Å². The van der Waals surface area contributed by atoms with Crippen molar-refractivity contribution >= 4 is 78.7 Å². The molecule has 34 heteroatoms. The van der Waals surface area contributed by atoms with Crippen LogP contribution in [-0.2, 0) is 81.0 Å². The van der Waals surface area contributed by atoms with Gasteiger partial charge in [-0.15, -0.1) is 11.8 Å². The van der Waals surface area contributed by atoms with E-state index in [1.54, 1.807) is 7.05 Å². The summed E-state index contributed by atoms with van der Waals surface area (Å²) in [6.07, 6.45) is -15.7. The number of nitrogens with two attached hydrogens (primary N) is 1. The molecule has 79 heavy (non-hydrogen) atoms. The van der Waals surface area contributed by atoms with E-state index >= 15 is 0 Å². The first kappa shape index (κ1) is 65.9. The zero-order chi connectivity index (χ0) is 58.8. The standard InChI is InChI=1S/C45H70N8O25S/c1-22(59)49-35-28(63)12-44(74-20-57,76-30(35)14-48-52-33(65)7-8-53-34(66)10-31(42(53)69)79-9-5-6-32(46)47-4)71-17-26(16-55)39(68)41-37(51-24(3)61)29(64)13-45(78-41,75-21-58)72-18-25(15-54)38(67)40-36(50-23(2)60)27(62)11-43(70,77-40)73-19-56/h14,19-21,25-31,35-41,54-55,62-64,67-68,70H,5-13,15-18H2,1-4H3,(H2,46,47)(H,49,59)(H,50,60)(H,51,61)(H,52,65)/b48-14-. The number of amides is 6. The second-order valence-corrected chi connectivity index (χ2v) is 20.1. The monoisotopic (exact) mass is 1150 g/mol. The van der Waals surface area contributed by atoms with Crippen LogP contribution in [0.3, 0.4) is 0 Å². The lowest BCUT2D eigenvalue weighted by Crippen LogP contribution is -2.67. The van der Waals surface area contributed by atoms with Crippen molar-refractivity contribution in [3.63, 3.8) is 0 Å². The number of rotatable bonds is 31. The summed E-state index contributed by atoms with van der Waals surface area (Å²) in [4.78, 5) is 115. The first-order chi connectivity index (χ1) is 37.3. The maximum Gasteiger partial charge on any atom is 0.332 e. The number of nitrogens with one attached hydrogen (secondary N) is 4. The quantitative estimate of drug-likeness (QED) is 0.00448. The van der Waals surface area contributed by atoms with Crippen molar-refractivity contribution in [2.45, 2.75) is 156 Å². The summed E-state index contributed by atoms with van der Waals surface area (Å²) in [5.74, 6) is -14.4. The van der Waals surface area contributed by atoms with Crippen LogP contribution in [0.1, 0.15) is 65.7 Å². The Kier molecular flexibility index (Phi) is 25.3. The average molecular weight is 1160 g/mol. The molecule has 0 aromatic carbocycles. The zero-order valence-corrected chi connectivity index (χ0v) is 44.2. The topological polar surface area (TPSA) is 491 Å². The third-order valence-electron chi connectivity index (χ3n) is 12.9. The molecule has 14 N–H and O–H groups in total. The van der Waals surface area contributed by atoms with Crippen molar-refractivity contribution in [2.75, 3.05) is 45.8 Å². The van der Waals surface area contributed by atoms with E-state index in [0.717, 1.165) is 31.9 Å². The number of carbonyl (C=O) groups excluding carboxylic acids is 9. The van der Waals surface area contributed by atoms with Gasteiger partial charge in [-0.05, 0) is 12.2 Å². The fraction of sp³-hybridized carbons (Fsp3) is 0.756. The summed E-state index contributed by atoms with van der Waals surface area (Å²) in [6, 6.07) is -4.49. The molecule has 0 saturated carbocycles. The molecule has 4 aliphatic heterocycles. The summed E-state index contributed by atoms with van der Waals surface area (Å²) >= 11 is 1.28. The Bertz CT molecular complexity index is 2190. The molecule has 6 amide bonds. The third kappa shape index (κ3) is 18.2. The highest BCUT2D eigenvalue weighted by atomic mass is 32.2. The Labute approximate surface area is 455 Å². The lowest BCUT2D eigenvalue weighted by Gasteiger charge is -2.48. The smallest absolute Gasteiger partial charge is 0.332 e. The van der Waals surface area contributed by atoms with E-state index in [4.69, 9.17) is 38.9 Å². The molecule has 4 rings (SSSR count). The number of aliphatic hydroxyl groups is 8. The highest BCUT2D eigenvalue weighted by Crippen LogP contribution is 2.38. The molecule has 446 valence electrons. The summed E-state index contributed by atoms with van der Waals surface area (Å²) in [5.41, 5.74) is 7.89. The molecule has 0 radical (unpaired) electrons. The first-order valence-electron chi connectivity index (χ1n) is 24.6. The third-order valence-corrected chi connectivity index (χ3v) is 14.2. The summed E-state index contributed by atoms with van der Waals surface area (Å²) in [5, 5.41) is 99.0. The largest absolute Gasteiger partial charge is 0.410 e. The van der Waals surface area contributed by atoms with Gasteiger partial charge in [0.1, 0.15) is 18.3 Å². The summed E-state index contributed by atoms with van der Waals surface area (Å²) in [7, 11) is 1.56. The molecule has 4 aliphatic rings. The Hall–Kier alpha value is -5.60.